The van der Waals surface area contributed by atoms with Gasteiger partial charge in [-0.05, 0) is 6.92 Å². The fourth-order valence-corrected chi connectivity index (χ4v) is 2.50. The minimum atomic E-state index is -1.69. The third-order valence-electron chi connectivity index (χ3n) is 3.64. The summed E-state index contributed by atoms with van der Waals surface area (Å²) in [5.74, 6) is -0.105. The normalized spacial score (nSPS) is 31.4. The van der Waals surface area contributed by atoms with Gasteiger partial charge in [-0.3, -0.25) is 14.3 Å². The summed E-state index contributed by atoms with van der Waals surface area (Å²) < 4.78 is 6.76. The molecule has 11 nitrogen and oxygen atoms in total. The minimum absolute atomic E-state index is 0. The summed E-state index contributed by atoms with van der Waals surface area (Å²) >= 11 is 0. The summed E-state index contributed by atoms with van der Waals surface area (Å²) in [5, 5.41) is 29.6. The molecule has 0 amide bonds. The SMILES string of the molecule is C[C@@]1(O)[C@H](O)[C@@H](CO)O[C@H]1n1cnc2c(=O)[nH]c(N)nc21.O. The molecule has 3 rings (SSSR count). The van der Waals surface area contributed by atoms with Crippen LogP contribution in [0.5, 0.6) is 0 Å². The van der Waals surface area contributed by atoms with Gasteiger partial charge in [-0.2, -0.15) is 4.98 Å². The molecule has 0 unspecified atom stereocenters. The molecular weight excluding hydrogens is 298 g/mol. The van der Waals surface area contributed by atoms with E-state index in [1.807, 2.05) is 0 Å². The molecule has 1 aliphatic rings. The first-order chi connectivity index (χ1) is 9.86. The molecule has 3 heterocycles. The third kappa shape index (κ3) is 2.15. The van der Waals surface area contributed by atoms with E-state index in [0.717, 1.165) is 0 Å². The molecule has 1 saturated heterocycles. The Hall–Kier alpha value is -2.05. The van der Waals surface area contributed by atoms with Gasteiger partial charge in [0.05, 0.1) is 12.9 Å². The van der Waals surface area contributed by atoms with Crippen molar-refractivity contribution in [1.82, 2.24) is 19.5 Å². The summed E-state index contributed by atoms with van der Waals surface area (Å²) in [5.41, 5.74) is 3.44. The highest BCUT2D eigenvalue weighted by Crippen LogP contribution is 2.38. The van der Waals surface area contributed by atoms with E-state index in [2.05, 4.69) is 15.0 Å². The number of imidazole rings is 1. The van der Waals surface area contributed by atoms with Crippen LogP contribution < -0.4 is 11.3 Å². The Kier molecular flexibility index (Phi) is 3.93. The van der Waals surface area contributed by atoms with Crippen LogP contribution in [0.4, 0.5) is 5.95 Å². The number of aromatic nitrogens is 4. The lowest BCUT2D eigenvalue weighted by Crippen LogP contribution is -2.44. The number of rotatable bonds is 2. The van der Waals surface area contributed by atoms with E-state index < -0.39 is 36.2 Å². The van der Waals surface area contributed by atoms with Crippen LogP contribution in [0.2, 0.25) is 0 Å². The van der Waals surface area contributed by atoms with Crippen LogP contribution in [0.25, 0.3) is 11.2 Å². The van der Waals surface area contributed by atoms with Crippen LogP contribution in [-0.4, -0.2) is 64.7 Å². The van der Waals surface area contributed by atoms with E-state index in [0.29, 0.717) is 0 Å². The minimum Gasteiger partial charge on any atom is -0.412 e. The molecule has 2 aromatic heterocycles. The molecule has 0 aliphatic carbocycles. The monoisotopic (exact) mass is 315 g/mol. The Morgan fingerprint density at radius 3 is 2.86 bits per heavy atom. The van der Waals surface area contributed by atoms with Crippen LogP contribution in [0.1, 0.15) is 13.2 Å². The topological polar surface area (TPSA) is 191 Å². The number of nitrogen functional groups attached to an aromatic ring is 1. The highest BCUT2D eigenvalue weighted by Gasteiger charge is 2.53. The molecule has 0 saturated carbocycles. The van der Waals surface area contributed by atoms with Crippen molar-refractivity contribution in [3.05, 3.63) is 16.7 Å². The van der Waals surface area contributed by atoms with Gasteiger partial charge in [0.1, 0.15) is 17.8 Å². The van der Waals surface area contributed by atoms with Gasteiger partial charge in [0.2, 0.25) is 5.95 Å². The number of aromatic amines is 1. The molecule has 8 N–H and O–H groups in total. The van der Waals surface area contributed by atoms with E-state index in [1.54, 1.807) is 0 Å². The first-order valence-corrected chi connectivity index (χ1v) is 6.25. The fourth-order valence-electron chi connectivity index (χ4n) is 2.50. The number of nitrogens with zero attached hydrogens (tertiary/aromatic N) is 3. The first kappa shape index (κ1) is 16.3. The molecule has 0 bridgehead atoms. The van der Waals surface area contributed by atoms with Crippen molar-refractivity contribution in [3.8, 4) is 0 Å². The molecule has 122 valence electrons. The summed E-state index contributed by atoms with van der Waals surface area (Å²) in [6.07, 6.45) is -2.06. The molecule has 0 aromatic carbocycles. The van der Waals surface area contributed by atoms with Crippen molar-refractivity contribution in [1.29, 1.82) is 0 Å². The zero-order valence-corrected chi connectivity index (χ0v) is 11.6. The Morgan fingerprint density at radius 2 is 2.27 bits per heavy atom. The average molecular weight is 315 g/mol. The van der Waals surface area contributed by atoms with Gasteiger partial charge in [0.25, 0.3) is 5.56 Å². The van der Waals surface area contributed by atoms with Crippen molar-refractivity contribution < 1.29 is 25.5 Å². The van der Waals surface area contributed by atoms with E-state index in [9.17, 15) is 20.1 Å². The van der Waals surface area contributed by atoms with Crippen LogP contribution in [0.15, 0.2) is 11.1 Å². The number of aliphatic hydroxyl groups is 3. The van der Waals surface area contributed by atoms with Gasteiger partial charge in [-0.25, -0.2) is 4.98 Å². The Morgan fingerprint density at radius 1 is 1.59 bits per heavy atom. The second-order valence-electron chi connectivity index (χ2n) is 5.16. The molecule has 22 heavy (non-hydrogen) atoms. The van der Waals surface area contributed by atoms with E-state index >= 15 is 0 Å². The van der Waals surface area contributed by atoms with Crippen LogP contribution in [-0.2, 0) is 4.74 Å². The lowest BCUT2D eigenvalue weighted by molar-refractivity contribution is -0.0950. The Labute approximate surface area is 123 Å². The maximum Gasteiger partial charge on any atom is 0.280 e. The summed E-state index contributed by atoms with van der Waals surface area (Å²) in [6.45, 7) is 0.900. The van der Waals surface area contributed by atoms with Gasteiger partial charge in [-0.15, -0.1) is 0 Å². The summed E-state index contributed by atoms with van der Waals surface area (Å²) in [4.78, 5) is 21.9. The van der Waals surface area contributed by atoms with Gasteiger partial charge in [0.15, 0.2) is 17.4 Å². The van der Waals surface area contributed by atoms with Crippen molar-refractivity contribution in [3.63, 3.8) is 0 Å². The molecule has 1 aliphatic heterocycles. The number of fused-ring (bicyclic) bond motifs is 1. The van der Waals surface area contributed by atoms with Crippen molar-refractivity contribution >= 4 is 17.1 Å². The first-order valence-electron chi connectivity index (χ1n) is 6.25. The maximum atomic E-state index is 11.7. The molecule has 4 atom stereocenters. The van der Waals surface area contributed by atoms with Gasteiger partial charge < -0.3 is 31.3 Å². The predicted molar refractivity (Wildman–Crippen MR) is 73.8 cm³/mol. The van der Waals surface area contributed by atoms with E-state index in [-0.39, 0.29) is 22.6 Å². The molecule has 1 fully saturated rings. The number of nitrogens with two attached hydrogens (primary N) is 1. The largest absolute Gasteiger partial charge is 0.412 e. The number of H-pyrrole nitrogens is 1. The van der Waals surface area contributed by atoms with E-state index in [1.165, 1.54) is 17.8 Å². The van der Waals surface area contributed by atoms with Crippen molar-refractivity contribution in [2.24, 2.45) is 0 Å². The third-order valence-corrected chi connectivity index (χ3v) is 3.64. The highest BCUT2D eigenvalue weighted by atomic mass is 16.6. The second kappa shape index (κ2) is 5.30. The zero-order chi connectivity index (χ0) is 15.4. The number of ether oxygens (including phenoxy) is 1. The number of nitrogens with one attached hydrogen (secondary N) is 1. The summed E-state index contributed by atoms with van der Waals surface area (Å²) in [6, 6.07) is 0. The number of aliphatic hydroxyl groups excluding tert-OH is 2. The average Bonchev–Trinajstić information content (AvgIpc) is 2.91. The standard InChI is InChI=1S/C11H15N5O5.H2O/c1-11(20)6(18)4(2-17)21-9(11)16-3-13-5-7(16)14-10(12)15-8(5)19;/h3-4,6,9,17-18,20H,2H2,1H3,(H3,12,14,15,19);1H2/t4-,6-,9-,11-;/m1./s1. The lowest BCUT2D eigenvalue weighted by Gasteiger charge is -2.27. The smallest absolute Gasteiger partial charge is 0.280 e. The highest BCUT2D eigenvalue weighted by molar-refractivity contribution is 5.70. The lowest BCUT2D eigenvalue weighted by atomic mass is 9.96. The number of anilines is 1. The number of hydrogen-bond donors (Lipinski definition) is 5. The van der Waals surface area contributed by atoms with Gasteiger partial charge >= 0.3 is 0 Å². The van der Waals surface area contributed by atoms with Gasteiger partial charge in [0, 0.05) is 0 Å². The summed E-state index contributed by atoms with van der Waals surface area (Å²) in [7, 11) is 0. The van der Waals surface area contributed by atoms with Crippen molar-refractivity contribution in [2.45, 2.75) is 31.0 Å². The van der Waals surface area contributed by atoms with Crippen molar-refractivity contribution in [2.75, 3.05) is 12.3 Å². The quantitative estimate of drug-likeness (QED) is 0.384. The molecule has 0 spiro atoms. The van der Waals surface area contributed by atoms with E-state index in [4.69, 9.17) is 10.5 Å². The molecule has 0 radical (unpaired) electrons. The Balaban J connectivity index is 0.00000176. The second-order valence-corrected chi connectivity index (χ2v) is 5.16. The molecule has 2 aromatic rings. The molecular formula is C11H17N5O6. The zero-order valence-electron chi connectivity index (χ0n) is 11.6. The van der Waals surface area contributed by atoms with Crippen LogP contribution in [0, 0.1) is 0 Å². The van der Waals surface area contributed by atoms with Gasteiger partial charge in [-0.1, -0.05) is 0 Å². The maximum absolute atomic E-state index is 11.7. The fraction of sp³-hybridized carbons (Fsp3) is 0.545. The van der Waals surface area contributed by atoms with Crippen LogP contribution in [0.3, 0.4) is 0 Å². The Bertz CT molecular complexity index is 740. The predicted octanol–water partition coefficient (Wildman–Crippen LogP) is -3.12. The van der Waals surface area contributed by atoms with Crippen LogP contribution >= 0.6 is 0 Å². The molecule has 11 heteroatoms. The number of hydrogen-bond acceptors (Lipinski definition) is 8.